The molecule has 11 heteroatoms. The van der Waals surface area contributed by atoms with Crippen LogP contribution < -0.4 is 14.7 Å². The summed E-state index contributed by atoms with van der Waals surface area (Å²) in [5, 5.41) is 14.4. The molecule has 1 aromatic heterocycles. The zero-order chi connectivity index (χ0) is 19.4. The average molecular weight is 388 g/mol. The number of anilines is 1. The molecule has 0 aliphatic carbocycles. The van der Waals surface area contributed by atoms with Gasteiger partial charge in [-0.1, -0.05) is 27.6 Å². The van der Waals surface area contributed by atoms with Gasteiger partial charge in [0.15, 0.2) is 11.5 Å². The minimum Gasteiger partial charge on any atom is -0.493 e. The number of nitrogens with zero attached hydrogens (tertiary/aromatic N) is 5. The molecule has 3 aromatic rings. The van der Waals surface area contributed by atoms with Gasteiger partial charge >= 0.3 is 10.1 Å². The largest absolute Gasteiger partial charge is 0.493 e. The fourth-order valence-corrected chi connectivity index (χ4v) is 3.04. The third-order valence-corrected chi connectivity index (χ3v) is 4.74. The number of hydrogen-bond acceptors (Lipinski definition) is 9. The molecular formula is C16H16N6O4S. The van der Waals surface area contributed by atoms with Crippen molar-refractivity contribution < 1.29 is 17.3 Å². The molecule has 0 bridgehead atoms. The van der Waals surface area contributed by atoms with Crippen LogP contribution in [0.3, 0.4) is 0 Å². The first kappa shape index (κ1) is 18.3. The number of aryl methyl sites for hydroxylation is 1. The van der Waals surface area contributed by atoms with Crippen LogP contribution in [0.4, 0.5) is 5.95 Å². The third kappa shape index (κ3) is 4.20. The molecule has 1 heterocycles. The summed E-state index contributed by atoms with van der Waals surface area (Å²) in [5.41, 5.74) is 7.06. The highest BCUT2D eigenvalue weighted by Gasteiger charge is 2.19. The summed E-state index contributed by atoms with van der Waals surface area (Å²) in [6.45, 7) is 1.86. The first-order chi connectivity index (χ1) is 12.9. The van der Waals surface area contributed by atoms with Crippen LogP contribution in [0.5, 0.6) is 11.5 Å². The standard InChI is InChI=1S/C16H16N6O4S/c1-11-3-6-13(7-4-11)27(23,24)26-14-8-5-12(9-15(14)25-2)10-18-22-16(17)19-20-21-22/h3-10H,1-2H3,(H2,17,19,21)/b18-10+. The van der Waals surface area contributed by atoms with Crippen molar-refractivity contribution in [2.24, 2.45) is 5.10 Å². The molecule has 2 N–H and O–H groups in total. The van der Waals surface area contributed by atoms with Crippen molar-refractivity contribution in [1.82, 2.24) is 20.3 Å². The fraction of sp³-hybridized carbons (Fsp3) is 0.125. The van der Waals surface area contributed by atoms with E-state index in [1.165, 1.54) is 31.5 Å². The van der Waals surface area contributed by atoms with E-state index in [4.69, 9.17) is 14.7 Å². The van der Waals surface area contributed by atoms with E-state index in [1.807, 2.05) is 6.92 Å². The van der Waals surface area contributed by atoms with Crippen molar-refractivity contribution in [2.75, 3.05) is 12.8 Å². The lowest BCUT2D eigenvalue weighted by Gasteiger charge is -2.11. The van der Waals surface area contributed by atoms with E-state index in [0.717, 1.165) is 10.4 Å². The average Bonchev–Trinajstić information content (AvgIpc) is 3.06. The predicted molar refractivity (Wildman–Crippen MR) is 97.2 cm³/mol. The molecule has 0 aliphatic heterocycles. The van der Waals surface area contributed by atoms with Crippen LogP contribution >= 0.6 is 0 Å². The van der Waals surface area contributed by atoms with Gasteiger partial charge in [-0.3, -0.25) is 0 Å². The zero-order valence-corrected chi connectivity index (χ0v) is 15.3. The maximum absolute atomic E-state index is 12.4. The quantitative estimate of drug-likeness (QED) is 0.492. The number of nitrogens with two attached hydrogens (primary N) is 1. The smallest absolute Gasteiger partial charge is 0.339 e. The van der Waals surface area contributed by atoms with Crippen molar-refractivity contribution in [2.45, 2.75) is 11.8 Å². The number of ether oxygens (including phenoxy) is 1. The van der Waals surface area contributed by atoms with E-state index in [-0.39, 0.29) is 22.3 Å². The van der Waals surface area contributed by atoms with Crippen LogP contribution in [0.1, 0.15) is 11.1 Å². The summed E-state index contributed by atoms with van der Waals surface area (Å²) in [5.74, 6) is 0.304. The highest BCUT2D eigenvalue weighted by Crippen LogP contribution is 2.30. The normalized spacial score (nSPS) is 11.6. The molecule has 0 atom stereocenters. The maximum atomic E-state index is 12.4. The Balaban J connectivity index is 1.85. The Morgan fingerprint density at radius 2 is 1.89 bits per heavy atom. The van der Waals surface area contributed by atoms with Crippen molar-refractivity contribution in [3.05, 3.63) is 53.6 Å². The number of rotatable bonds is 6. The molecule has 27 heavy (non-hydrogen) atoms. The molecule has 0 amide bonds. The van der Waals surface area contributed by atoms with Crippen molar-refractivity contribution in [3.63, 3.8) is 0 Å². The van der Waals surface area contributed by atoms with Gasteiger partial charge in [-0.05, 0) is 53.2 Å². The van der Waals surface area contributed by atoms with Crippen LogP contribution in [-0.4, -0.2) is 42.1 Å². The predicted octanol–water partition coefficient (Wildman–Crippen LogP) is 1.22. The Morgan fingerprint density at radius 3 is 2.52 bits per heavy atom. The lowest BCUT2D eigenvalue weighted by atomic mass is 10.2. The van der Waals surface area contributed by atoms with Gasteiger partial charge in [0, 0.05) is 0 Å². The number of aromatic nitrogens is 4. The van der Waals surface area contributed by atoms with Gasteiger partial charge < -0.3 is 14.7 Å². The first-order valence-corrected chi connectivity index (χ1v) is 9.07. The molecule has 0 radical (unpaired) electrons. The topological polar surface area (TPSA) is 135 Å². The fourth-order valence-electron chi connectivity index (χ4n) is 2.10. The lowest BCUT2D eigenvalue weighted by molar-refractivity contribution is 0.390. The molecule has 0 fully saturated rings. The van der Waals surface area contributed by atoms with E-state index < -0.39 is 10.1 Å². The molecule has 0 aliphatic rings. The summed E-state index contributed by atoms with van der Waals surface area (Å²) in [4.78, 5) is 1.09. The Bertz CT molecular complexity index is 1080. The van der Waals surface area contributed by atoms with Gasteiger partial charge in [0.05, 0.1) is 13.3 Å². The Hall–Kier alpha value is -3.47. The van der Waals surface area contributed by atoms with E-state index in [1.54, 1.807) is 24.3 Å². The van der Waals surface area contributed by atoms with Gasteiger partial charge in [0.25, 0.3) is 5.95 Å². The summed E-state index contributed by atoms with van der Waals surface area (Å²) >= 11 is 0. The van der Waals surface area contributed by atoms with Crippen LogP contribution in [0, 0.1) is 6.92 Å². The summed E-state index contributed by atoms with van der Waals surface area (Å²) in [6.07, 6.45) is 1.44. The van der Waals surface area contributed by atoms with Gasteiger partial charge in [-0.15, -0.1) is 0 Å². The van der Waals surface area contributed by atoms with E-state index >= 15 is 0 Å². The van der Waals surface area contributed by atoms with E-state index in [0.29, 0.717) is 5.56 Å². The van der Waals surface area contributed by atoms with Crippen molar-refractivity contribution in [3.8, 4) is 11.5 Å². The second-order valence-electron chi connectivity index (χ2n) is 5.43. The second kappa shape index (κ2) is 7.41. The van der Waals surface area contributed by atoms with Crippen LogP contribution in [-0.2, 0) is 10.1 Å². The SMILES string of the molecule is COc1cc(/C=N/n2nnnc2N)ccc1OS(=O)(=O)c1ccc(C)cc1. The van der Waals surface area contributed by atoms with E-state index in [9.17, 15) is 8.42 Å². The van der Waals surface area contributed by atoms with Crippen LogP contribution in [0.25, 0.3) is 0 Å². The van der Waals surface area contributed by atoms with Crippen LogP contribution in [0.15, 0.2) is 52.5 Å². The molecule has 0 saturated carbocycles. The summed E-state index contributed by atoms with van der Waals surface area (Å²) in [6, 6.07) is 11.0. The molecule has 2 aromatic carbocycles. The van der Waals surface area contributed by atoms with Gasteiger partial charge in [0.2, 0.25) is 0 Å². The monoisotopic (exact) mass is 388 g/mol. The number of hydrogen-bond donors (Lipinski definition) is 1. The number of methoxy groups -OCH3 is 1. The maximum Gasteiger partial charge on any atom is 0.339 e. The molecule has 10 nitrogen and oxygen atoms in total. The highest BCUT2D eigenvalue weighted by atomic mass is 32.2. The molecule has 0 saturated heterocycles. The molecule has 0 unspecified atom stereocenters. The first-order valence-electron chi connectivity index (χ1n) is 7.66. The van der Waals surface area contributed by atoms with Crippen molar-refractivity contribution >= 4 is 22.3 Å². The number of nitrogen functional groups attached to an aromatic ring is 1. The number of tetrazole rings is 1. The molecular weight excluding hydrogens is 372 g/mol. The molecule has 3 rings (SSSR count). The summed E-state index contributed by atoms with van der Waals surface area (Å²) in [7, 11) is -2.59. The summed E-state index contributed by atoms with van der Waals surface area (Å²) < 4.78 is 35.3. The molecule has 0 spiro atoms. The lowest BCUT2D eigenvalue weighted by Crippen LogP contribution is -2.10. The number of benzene rings is 2. The Kier molecular flexibility index (Phi) is 5.03. The van der Waals surface area contributed by atoms with Gasteiger partial charge in [-0.25, -0.2) is 0 Å². The van der Waals surface area contributed by atoms with Crippen LogP contribution in [0.2, 0.25) is 0 Å². The minimum atomic E-state index is -3.99. The van der Waals surface area contributed by atoms with Gasteiger partial charge in [0.1, 0.15) is 4.90 Å². The third-order valence-electron chi connectivity index (χ3n) is 3.49. The Morgan fingerprint density at radius 1 is 1.15 bits per heavy atom. The molecule has 140 valence electrons. The van der Waals surface area contributed by atoms with Crippen molar-refractivity contribution in [1.29, 1.82) is 0 Å². The zero-order valence-electron chi connectivity index (χ0n) is 14.5. The highest BCUT2D eigenvalue weighted by molar-refractivity contribution is 7.87. The minimum absolute atomic E-state index is 0.0300. The Labute approximate surface area is 155 Å². The van der Waals surface area contributed by atoms with Gasteiger partial charge in [-0.2, -0.15) is 13.5 Å². The second-order valence-corrected chi connectivity index (χ2v) is 6.98. The van der Waals surface area contributed by atoms with E-state index in [2.05, 4.69) is 20.6 Å².